The van der Waals surface area contributed by atoms with E-state index in [1.165, 1.54) is 17.5 Å². The van der Waals surface area contributed by atoms with Gasteiger partial charge in [-0.3, -0.25) is 4.79 Å². The summed E-state index contributed by atoms with van der Waals surface area (Å²) in [6, 6.07) is 8.89. The van der Waals surface area contributed by atoms with Gasteiger partial charge in [0.15, 0.2) is 5.82 Å². The first-order chi connectivity index (χ1) is 12.0. The van der Waals surface area contributed by atoms with Gasteiger partial charge in [0.25, 0.3) is 0 Å². The van der Waals surface area contributed by atoms with E-state index in [0.29, 0.717) is 18.3 Å². The van der Waals surface area contributed by atoms with E-state index >= 15 is 0 Å². The number of benzene rings is 1. The topological polar surface area (TPSA) is 80.0 Å². The number of aryl methyl sites for hydroxylation is 1. The fraction of sp³-hybridized carbons (Fsp3) is 0.526. The Kier molecular flexibility index (Phi) is 5.18. The molecule has 1 aliphatic rings. The highest BCUT2D eigenvalue weighted by atomic mass is 16.5. The molecule has 1 aromatic carbocycles. The minimum atomic E-state index is -0.125. The van der Waals surface area contributed by atoms with Gasteiger partial charge in [0.2, 0.25) is 11.8 Å². The van der Waals surface area contributed by atoms with Crippen LogP contribution in [0.1, 0.15) is 55.6 Å². The van der Waals surface area contributed by atoms with Crippen molar-refractivity contribution in [2.24, 2.45) is 5.41 Å². The molecule has 6 nitrogen and oxygen atoms in total. The highest BCUT2D eigenvalue weighted by molar-refractivity contribution is 5.77. The van der Waals surface area contributed by atoms with Crippen molar-refractivity contribution in [1.82, 2.24) is 20.8 Å². The molecular weight excluding hydrogens is 316 g/mol. The molecule has 1 aliphatic carbocycles. The summed E-state index contributed by atoms with van der Waals surface area (Å²) in [7, 11) is 1.59. The van der Waals surface area contributed by atoms with Gasteiger partial charge in [-0.1, -0.05) is 43.3 Å². The molecule has 0 radical (unpaired) electrons. The van der Waals surface area contributed by atoms with Crippen molar-refractivity contribution in [2.45, 2.75) is 52.1 Å². The standard InChI is InChI=1S/C19H26N4O2/c1-19(2)9-8-13-6-4-5-7-14(13)15(11-19)21-12-18-22-16(23-25-18)10-17(24)20-3/h4-7,15,21H,8-12H2,1-3H3,(H,20,24). The molecular formula is C19H26N4O2. The summed E-state index contributed by atoms with van der Waals surface area (Å²) in [5.74, 6) is 0.802. The highest BCUT2D eigenvalue weighted by Crippen LogP contribution is 2.39. The van der Waals surface area contributed by atoms with Crippen LogP contribution >= 0.6 is 0 Å². The van der Waals surface area contributed by atoms with E-state index in [-0.39, 0.29) is 23.8 Å². The lowest BCUT2D eigenvalue weighted by Crippen LogP contribution is -2.25. The number of hydrogen-bond donors (Lipinski definition) is 2. The third-order valence-corrected chi connectivity index (χ3v) is 4.87. The van der Waals surface area contributed by atoms with E-state index in [1.54, 1.807) is 7.05 Å². The molecule has 1 amide bonds. The molecule has 1 unspecified atom stereocenters. The second kappa shape index (κ2) is 7.35. The van der Waals surface area contributed by atoms with Gasteiger partial charge < -0.3 is 15.2 Å². The molecule has 134 valence electrons. The van der Waals surface area contributed by atoms with Gasteiger partial charge in [-0.2, -0.15) is 4.98 Å². The van der Waals surface area contributed by atoms with Gasteiger partial charge in [-0.25, -0.2) is 0 Å². The largest absolute Gasteiger partial charge is 0.359 e. The number of aromatic nitrogens is 2. The lowest BCUT2D eigenvalue weighted by molar-refractivity contribution is -0.120. The molecule has 2 N–H and O–H groups in total. The normalized spacial score (nSPS) is 19.1. The van der Waals surface area contributed by atoms with Crippen LogP contribution in [0.3, 0.4) is 0 Å². The van der Waals surface area contributed by atoms with Crippen molar-refractivity contribution in [3.05, 3.63) is 47.1 Å². The lowest BCUT2D eigenvalue weighted by Gasteiger charge is -2.27. The zero-order valence-corrected chi connectivity index (χ0v) is 15.1. The fourth-order valence-electron chi connectivity index (χ4n) is 3.40. The second-order valence-corrected chi connectivity index (χ2v) is 7.45. The van der Waals surface area contributed by atoms with Crippen LogP contribution in [0.25, 0.3) is 0 Å². The Labute approximate surface area is 148 Å². The Morgan fingerprint density at radius 1 is 1.36 bits per heavy atom. The second-order valence-electron chi connectivity index (χ2n) is 7.45. The molecule has 0 aliphatic heterocycles. The van der Waals surface area contributed by atoms with Crippen LogP contribution in [0.5, 0.6) is 0 Å². The van der Waals surface area contributed by atoms with E-state index in [0.717, 1.165) is 12.8 Å². The predicted molar refractivity (Wildman–Crippen MR) is 94.8 cm³/mol. The quantitative estimate of drug-likeness (QED) is 0.816. The van der Waals surface area contributed by atoms with Gasteiger partial charge >= 0.3 is 0 Å². The molecule has 1 aromatic heterocycles. The Morgan fingerprint density at radius 2 is 2.16 bits per heavy atom. The first kappa shape index (κ1) is 17.6. The van der Waals surface area contributed by atoms with Crippen LogP contribution in [0.15, 0.2) is 28.8 Å². The maximum Gasteiger partial charge on any atom is 0.240 e. The van der Waals surface area contributed by atoms with Gasteiger partial charge in [0.1, 0.15) is 0 Å². The highest BCUT2D eigenvalue weighted by Gasteiger charge is 2.29. The maximum atomic E-state index is 11.4. The molecule has 25 heavy (non-hydrogen) atoms. The minimum absolute atomic E-state index is 0.125. The predicted octanol–water partition coefficient (Wildman–Crippen LogP) is 2.55. The molecule has 0 saturated carbocycles. The zero-order valence-electron chi connectivity index (χ0n) is 15.1. The SMILES string of the molecule is CNC(=O)Cc1noc(CNC2CC(C)(C)CCc3ccccc32)n1. The van der Waals surface area contributed by atoms with Crippen LogP contribution in [0.2, 0.25) is 0 Å². The first-order valence-electron chi connectivity index (χ1n) is 8.80. The van der Waals surface area contributed by atoms with Gasteiger partial charge in [0.05, 0.1) is 13.0 Å². The number of fused-ring (bicyclic) bond motifs is 1. The van der Waals surface area contributed by atoms with E-state index in [9.17, 15) is 4.79 Å². The van der Waals surface area contributed by atoms with Crippen molar-refractivity contribution in [1.29, 1.82) is 0 Å². The van der Waals surface area contributed by atoms with Crippen molar-refractivity contribution in [3.63, 3.8) is 0 Å². The monoisotopic (exact) mass is 342 g/mol. The Morgan fingerprint density at radius 3 is 2.96 bits per heavy atom. The molecule has 0 spiro atoms. The van der Waals surface area contributed by atoms with E-state index < -0.39 is 0 Å². The van der Waals surface area contributed by atoms with Crippen molar-refractivity contribution in [3.8, 4) is 0 Å². The number of rotatable bonds is 5. The summed E-state index contributed by atoms with van der Waals surface area (Å²) in [6.45, 7) is 5.14. The fourth-order valence-corrected chi connectivity index (χ4v) is 3.40. The smallest absolute Gasteiger partial charge is 0.240 e. The Balaban J connectivity index is 1.70. The van der Waals surface area contributed by atoms with Crippen LogP contribution < -0.4 is 10.6 Å². The van der Waals surface area contributed by atoms with Crippen LogP contribution in [-0.4, -0.2) is 23.1 Å². The Bertz CT molecular complexity index is 739. The van der Waals surface area contributed by atoms with E-state index in [4.69, 9.17) is 4.52 Å². The van der Waals surface area contributed by atoms with Crippen molar-refractivity contribution >= 4 is 5.91 Å². The maximum absolute atomic E-state index is 11.4. The molecule has 0 bridgehead atoms. The summed E-state index contributed by atoms with van der Waals surface area (Å²) < 4.78 is 5.27. The summed E-state index contributed by atoms with van der Waals surface area (Å²) in [5.41, 5.74) is 3.05. The average molecular weight is 342 g/mol. The van der Waals surface area contributed by atoms with Crippen molar-refractivity contribution < 1.29 is 9.32 Å². The van der Waals surface area contributed by atoms with Gasteiger partial charge in [-0.05, 0) is 35.8 Å². The molecule has 0 fully saturated rings. The van der Waals surface area contributed by atoms with E-state index in [1.807, 2.05) is 0 Å². The lowest BCUT2D eigenvalue weighted by atomic mass is 9.83. The number of likely N-dealkylation sites (N-methyl/N-ethyl adjacent to an activating group) is 1. The summed E-state index contributed by atoms with van der Waals surface area (Å²) in [5, 5.41) is 10.0. The molecule has 3 rings (SSSR count). The van der Waals surface area contributed by atoms with E-state index in [2.05, 4.69) is 58.9 Å². The minimum Gasteiger partial charge on any atom is -0.359 e. The molecule has 2 aromatic rings. The number of nitrogens with one attached hydrogen (secondary N) is 2. The first-order valence-corrected chi connectivity index (χ1v) is 8.80. The van der Waals surface area contributed by atoms with Crippen LogP contribution in [0, 0.1) is 5.41 Å². The summed E-state index contributed by atoms with van der Waals surface area (Å²) in [6.07, 6.45) is 3.49. The molecule has 6 heteroatoms. The number of hydrogen-bond acceptors (Lipinski definition) is 5. The third-order valence-electron chi connectivity index (χ3n) is 4.87. The summed E-state index contributed by atoms with van der Waals surface area (Å²) in [4.78, 5) is 15.7. The number of amides is 1. The van der Waals surface area contributed by atoms with Crippen LogP contribution in [0.4, 0.5) is 0 Å². The average Bonchev–Trinajstić information content (AvgIpc) is 2.99. The Hall–Kier alpha value is -2.21. The number of carbonyl (C=O) groups is 1. The third kappa shape index (κ3) is 4.45. The van der Waals surface area contributed by atoms with Gasteiger partial charge in [0, 0.05) is 13.1 Å². The van der Waals surface area contributed by atoms with Crippen molar-refractivity contribution in [2.75, 3.05) is 7.05 Å². The van der Waals surface area contributed by atoms with Gasteiger partial charge in [-0.15, -0.1) is 0 Å². The molecule has 1 heterocycles. The summed E-state index contributed by atoms with van der Waals surface area (Å²) >= 11 is 0. The molecule has 0 saturated heterocycles. The zero-order chi connectivity index (χ0) is 17.9. The number of carbonyl (C=O) groups excluding carboxylic acids is 1. The molecule has 1 atom stereocenters. The number of nitrogens with zero attached hydrogens (tertiary/aromatic N) is 2. The van der Waals surface area contributed by atoms with Crippen LogP contribution in [-0.2, 0) is 24.2 Å².